The standard InChI is InChI=1S/C24H12N2OS/c25-13-15-4-5-17-11-18(7-6-16(17)10-15)22-8-9-23(27-22)20-2-1-3-24-21(20)12-19(14-26)28-24/h1-12H. The van der Waals surface area contributed by atoms with Gasteiger partial charge in [0, 0.05) is 21.2 Å². The number of hydrogen-bond acceptors (Lipinski definition) is 4. The quantitative estimate of drug-likeness (QED) is 0.343. The van der Waals surface area contributed by atoms with Crippen LogP contribution in [-0.4, -0.2) is 0 Å². The Morgan fingerprint density at radius 3 is 2.43 bits per heavy atom. The third-order valence-electron chi connectivity index (χ3n) is 4.80. The van der Waals surface area contributed by atoms with Gasteiger partial charge in [-0.1, -0.05) is 30.3 Å². The molecule has 3 nitrogen and oxygen atoms in total. The van der Waals surface area contributed by atoms with E-state index in [1.165, 1.54) is 11.3 Å². The molecule has 5 aromatic rings. The molecule has 130 valence electrons. The summed E-state index contributed by atoms with van der Waals surface area (Å²) in [4.78, 5) is 0.695. The fourth-order valence-electron chi connectivity index (χ4n) is 3.44. The van der Waals surface area contributed by atoms with E-state index >= 15 is 0 Å². The second-order valence-electron chi connectivity index (χ2n) is 6.49. The first-order valence-corrected chi connectivity index (χ1v) is 9.54. The van der Waals surface area contributed by atoms with E-state index in [0.29, 0.717) is 10.4 Å². The minimum Gasteiger partial charge on any atom is -0.456 e. The molecule has 28 heavy (non-hydrogen) atoms. The van der Waals surface area contributed by atoms with Crippen LogP contribution >= 0.6 is 11.3 Å². The van der Waals surface area contributed by atoms with Crippen molar-refractivity contribution in [2.75, 3.05) is 0 Å². The van der Waals surface area contributed by atoms with Crippen LogP contribution in [0.25, 0.3) is 43.5 Å². The lowest BCUT2D eigenvalue weighted by Crippen LogP contribution is -1.79. The lowest BCUT2D eigenvalue weighted by molar-refractivity contribution is 0.598. The molecule has 0 saturated carbocycles. The van der Waals surface area contributed by atoms with Crippen molar-refractivity contribution in [2.45, 2.75) is 0 Å². The SMILES string of the molecule is N#Cc1ccc2cc(-c3ccc(-c4cccc5sc(C#N)cc45)o3)ccc2c1. The van der Waals surface area contributed by atoms with Crippen LogP contribution in [0.4, 0.5) is 0 Å². The van der Waals surface area contributed by atoms with Crippen LogP contribution in [0.1, 0.15) is 10.4 Å². The summed E-state index contributed by atoms with van der Waals surface area (Å²) >= 11 is 1.49. The van der Waals surface area contributed by atoms with Crippen molar-refractivity contribution < 1.29 is 4.42 Å². The molecule has 0 radical (unpaired) electrons. The van der Waals surface area contributed by atoms with Gasteiger partial charge in [0.15, 0.2) is 0 Å². The number of nitriles is 2. The Morgan fingerprint density at radius 1 is 0.750 bits per heavy atom. The van der Waals surface area contributed by atoms with Crippen LogP contribution in [0, 0.1) is 22.7 Å². The molecule has 0 N–H and O–H groups in total. The van der Waals surface area contributed by atoms with Crippen LogP contribution in [0.3, 0.4) is 0 Å². The normalized spacial score (nSPS) is 10.8. The van der Waals surface area contributed by atoms with Crippen molar-refractivity contribution in [3.8, 4) is 34.8 Å². The maximum Gasteiger partial charge on any atom is 0.135 e. The summed E-state index contributed by atoms with van der Waals surface area (Å²) in [6.07, 6.45) is 0. The fourth-order valence-corrected chi connectivity index (χ4v) is 4.32. The number of fused-ring (bicyclic) bond motifs is 2. The van der Waals surface area contributed by atoms with E-state index in [9.17, 15) is 5.26 Å². The maximum atomic E-state index is 9.19. The van der Waals surface area contributed by atoms with E-state index in [-0.39, 0.29) is 0 Å². The third kappa shape index (κ3) is 2.65. The molecule has 3 aromatic carbocycles. The number of nitrogens with zero attached hydrogens (tertiary/aromatic N) is 2. The Kier molecular flexibility index (Phi) is 3.72. The minimum absolute atomic E-state index is 0.654. The number of furan rings is 1. The Hall–Kier alpha value is -3.86. The van der Waals surface area contributed by atoms with Crippen molar-refractivity contribution in [3.05, 3.63) is 83.2 Å². The second-order valence-corrected chi connectivity index (χ2v) is 7.58. The molecule has 5 rings (SSSR count). The third-order valence-corrected chi connectivity index (χ3v) is 5.80. The van der Waals surface area contributed by atoms with Gasteiger partial charge in [-0.05, 0) is 53.2 Å². The van der Waals surface area contributed by atoms with Crippen molar-refractivity contribution >= 4 is 32.2 Å². The molecule has 0 unspecified atom stereocenters. The molecule has 0 aliphatic heterocycles. The molecule has 0 atom stereocenters. The molecule has 0 aliphatic carbocycles. The number of hydrogen-bond donors (Lipinski definition) is 0. The average Bonchev–Trinajstić information content (AvgIpc) is 3.39. The topological polar surface area (TPSA) is 60.7 Å². The van der Waals surface area contributed by atoms with Crippen LogP contribution < -0.4 is 0 Å². The average molecular weight is 376 g/mol. The van der Waals surface area contributed by atoms with Crippen LogP contribution in [0.5, 0.6) is 0 Å². The molecular weight excluding hydrogens is 364 g/mol. The summed E-state index contributed by atoms with van der Waals surface area (Å²) in [5.74, 6) is 1.57. The summed E-state index contributed by atoms with van der Waals surface area (Å²) in [6, 6.07) is 28.0. The molecule has 2 aromatic heterocycles. The van der Waals surface area contributed by atoms with Gasteiger partial charge in [0.25, 0.3) is 0 Å². The predicted molar refractivity (Wildman–Crippen MR) is 112 cm³/mol. The summed E-state index contributed by atoms with van der Waals surface area (Å²) in [7, 11) is 0. The van der Waals surface area contributed by atoms with Gasteiger partial charge in [0.2, 0.25) is 0 Å². The van der Waals surface area contributed by atoms with Gasteiger partial charge in [0.05, 0.1) is 11.6 Å². The number of rotatable bonds is 2. The second kappa shape index (κ2) is 6.39. The summed E-state index contributed by atoms with van der Waals surface area (Å²) < 4.78 is 7.24. The molecule has 0 saturated heterocycles. The minimum atomic E-state index is 0.654. The van der Waals surface area contributed by atoms with Crippen molar-refractivity contribution in [1.82, 2.24) is 0 Å². The zero-order valence-electron chi connectivity index (χ0n) is 14.6. The van der Waals surface area contributed by atoms with Gasteiger partial charge in [-0.3, -0.25) is 0 Å². The molecule has 2 heterocycles. The van der Waals surface area contributed by atoms with E-state index < -0.39 is 0 Å². The van der Waals surface area contributed by atoms with E-state index in [0.717, 1.165) is 43.5 Å². The Balaban J connectivity index is 1.58. The molecule has 0 bridgehead atoms. The van der Waals surface area contributed by atoms with Crippen molar-refractivity contribution in [3.63, 3.8) is 0 Å². The maximum absolute atomic E-state index is 9.19. The van der Waals surface area contributed by atoms with Gasteiger partial charge < -0.3 is 4.42 Å². The molecule has 0 fully saturated rings. The zero-order chi connectivity index (χ0) is 19.1. The summed E-state index contributed by atoms with van der Waals surface area (Å²) in [6.45, 7) is 0. The first kappa shape index (κ1) is 16.3. The molecular formula is C24H12N2OS. The van der Waals surface area contributed by atoms with E-state index in [1.54, 1.807) is 0 Å². The van der Waals surface area contributed by atoms with Gasteiger partial charge in [-0.25, -0.2) is 0 Å². The summed E-state index contributed by atoms with van der Waals surface area (Å²) in [5, 5.41) is 21.4. The zero-order valence-corrected chi connectivity index (χ0v) is 15.5. The molecule has 0 spiro atoms. The molecule has 4 heteroatoms. The van der Waals surface area contributed by atoms with E-state index in [1.807, 2.05) is 66.7 Å². The van der Waals surface area contributed by atoms with Crippen LogP contribution in [0.15, 0.2) is 77.2 Å². The van der Waals surface area contributed by atoms with Crippen molar-refractivity contribution in [2.24, 2.45) is 0 Å². The Labute approximate surface area is 165 Å². The highest BCUT2D eigenvalue weighted by Gasteiger charge is 2.12. The first-order valence-electron chi connectivity index (χ1n) is 8.72. The highest BCUT2D eigenvalue weighted by atomic mass is 32.1. The highest BCUT2D eigenvalue weighted by molar-refractivity contribution is 7.19. The highest BCUT2D eigenvalue weighted by Crippen LogP contribution is 2.36. The van der Waals surface area contributed by atoms with Crippen molar-refractivity contribution in [1.29, 1.82) is 10.5 Å². The Bertz CT molecular complexity index is 1440. The van der Waals surface area contributed by atoms with Gasteiger partial charge in [-0.15, -0.1) is 11.3 Å². The summed E-state index contributed by atoms with van der Waals surface area (Å²) in [5.41, 5.74) is 2.63. The number of benzene rings is 3. The lowest BCUT2D eigenvalue weighted by atomic mass is 10.0. The van der Waals surface area contributed by atoms with E-state index in [2.05, 4.69) is 18.2 Å². The molecule has 0 amide bonds. The van der Waals surface area contributed by atoms with Gasteiger partial charge >= 0.3 is 0 Å². The largest absolute Gasteiger partial charge is 0.456 e. The van der Waals surface area contributed by atoms with Crippen LogP contribution in [0.2, 0.25) is 0 Å². The van der Waals surface area contributed by atoms with Crippen LogP contribution in [-0.2, 0) is 0 Å². The molecule has 0 aliphatic rings. The van der Waals surface area contributed by atoms with Gasteiger partial charge in [0.1, 0.15) is 22.5 Å². The first-order chi connectivity index (χ1) is 13.7. The fraction of sp³-hybridized carbons (Fsp3) is 0. The lowest BCUT2D eigenvalue weighted by Gasteiger charge is -2.03. The Morgan fingerprint density at radius 2 is 1.57 bits per heavy atom. The van der Waals surface area contributed by atoms with Gasteiger partial charge in [-0.2, -0.15) is 10.5 Å². The smallest absolute Gasteiger partial charge is 0.135 e. The van der Waals surface area contributed by atoms with E-state index in [4.69, 9.17) is 9.68 Å². The monoisotopic (exact) mass is 376 g/mol. The predicted octanol–water partition coefficient (Wildman–Crippen LogP) is 6.72. The number of thiophene rings is 1.